The summed E-state index contributed by atoms with van der Waals surface area (Å²) in [5, 5.41) is 0.291. The van der Waals surface area contributed by atoms with Crippen molar-refractivity contribution in [2.75, 3.05) is 18.1 Å². The minimum atomic E-state index is -3.08. The number of rotatable bonds is 7. The molecule has 0 aliphatic rings. The van der Waals surface area contributed by atoms with Gasteiger partial charge in [-0.05, 0) is 18.6 Å². The number of aldehydes is 1. The quantitative estimate of drug-likeness (QED) is 0.723. The van der Waals surface area contributed by atoms with Crippen LogP contribution in [-0.4, -0.2) is 32.8 Å². The lowest BCUT2D eigenvalue weighted by Gasteiger charge is -2.09. The maximum absolute atomic E-state index is 11.5. The molecule has 0 fully saturated rings. The van der Waals surface area contributed by atoms with E-state index in [-0.39, 0.29) is 23.7 Å². The number of hydrogen-bond acceptors (Lipinski definition) is 4. The van der Waals surface area contributed by atoms with E-state index in [0.29, 0.717) is 23.5 Å². The van der Waals surface area contributed by atoms with Gasteiger partial charge in [-0.15, -0.1) is 0 Å². The van der Waals surface area contributed by atoms with Crippen LogP contribution in [0.15, 0.2) is 18.2 Å². The molecular weight excluding hydrogens is 276 g/mol. The summed E-state index contributed by atoms with van der Waals surface area (Å²) in [5.74, 6) is 0.391. The third-order valence-corrected chi connectivity index (χ3v) is 4.45. The van der Waals surface area contributed by atoms with E-state index in [1.54, 1.807) is 25.1 Å². The Kier molecular flexibility index (Phi) is 5.62. The van der Waals surface area contributed by atoms with Gasteiger partial charge in [-0.25, -0.2) is 8.42 Å². The van der Waals surface area contributed by atoms with E-state index in [0.717, 1.165) is 0 Å². The number of hydrogen-bond donors (Lipinski definition) is 0. The highest BCUT2D eigenvalue weighted by atomic mass is 35.5. The SMILES string of the molecule is CCCS(=O)(=O)CCOc1cccc(Cl)c1C=O. The Labute approximate surface area is 112 Å². The van der Waals surface area contributed by atoms with E-state index in [2.05, 4.69) is 0 Å². The molecule has 0 atom stereocenters. The summed E-state index contributed by atoms with van der Waals surface area (Å²) < 4.78 is 28.2. The summed E-state index contributed by atoms with van der Waals surface area (Å²) >= 11 is 5.82. The largest absolute Gasteiger partial charge is 0.492 e. The van der Waals surface area contributed by atoms with Crippen molar-refractivity contribution in [1.82, 2.24) is 0 Å². The summed E-state index contributed by atoms with van der Waals surface area (Å²) in [5.41, 5.74) is 0.243. The van der Waals surface area contributed by atoms with Gasteiger partial charge in [0.05, 0.1) is 22.1 Å². The molecule has 1 rings (SSSR count). The minimum Gasteiger partial charge on any atom is -0.492 e. The normalized spacial score (nSPS) is 11.2. The predicted octanol–water partition coefficient (Wildman–Crippen LogP) is 2.36. The zero-order valence-electron chi connectivity index (χ0n) is 10.1. The average Bonchev–Trinajstić information content (AvgIpc) is 2.29. The first-order valence-corrected chi connectivity index (χ1v) is 7.77. The third kappa shape index (κ3) is 4.31. The lowest BCUT2D eigenvalue weighted by molar-refractivity contribution is 0.112. The fourth-order valence-electron chi connectivity index (χ4n) is 1.45. The van der Waals surface area contributed by atoms with Crippen molar-refractivity contribution < 1.29 is 17.9 Å². The molecule has 0 N–H and O–H groups in total. The summed E-state index contributed by atoms with van der Waals surface area (Å²) in [7, 11) is -3.08. The molecule has 0 bridgehead atoms. The van der Waals surface area contributed by atoms with Crippen LogP contribution in [0.4, 0.5) is 0 Å². The first-order chi connectivity index (χ1) is 8.50. The number of ether oxygens (including phenoxy) is 1. The first kappa shape index (κ1) is 15.0. The molecule has 1 aromatic rings. The molecule has 0 radical (unpaired) electrons. The van der Waals surface area contributed by atoms with Gasteiger partial charge >= 0.3 is 0 Å². The van der Waals surface area contributed by atoms with Gasteiger partial charge in [-0.1, -0.05) is 24.6 Å². The van der Waals surface area contributed by atoms with Crippen LogP contribution in [0, 0.1) is 0 Å². The highest BCUT2D eigenvalue weighted by Gasteiger charge is 2.11. The topological polar surface area (TPSA) is 60.4 Å². The second-order valence-corrected chi connectivity index (χ2v) is 6.48. The van der Waals surface area contributed by atoms with E-state index in [1.165, 1.54) is 0 Å². The van der Waals surface area contributed by atoms with Crippen molar-refractivity contribution in [2.24, 2.45) is 0 Å². The van der Waals surface area contributed by atoms with Crippen LogP contribution in [0.5, 0.6) is 5.75 Å². The van der Waals surface area contributed by atoms with E-state index in [1.807, 2.05) is 0 Å². The second kappa shape index (κ2) is 6.75. The standard InChI is InChI=1S/C12H15ClO4S/c1-2-7-18(15,16)8-6-17-12-5-3-4-11(13)10(12)9-14/h3-5,9H,2,6-8H2,1H3. The zero-order chi connectivity index (χ0) is 13.6. The van der Waals surface area contributed by atoms with Crippen LogP contribution in [-0.2, 0) is 9.84 Å². The van der Waals surface area contributed by atoms with Crippen molar-refractivity contribution in [3.8, 4) is 5.75 Å². The monoisotopic (exact) mass is 290 g/mol. The van der Waals surface area contributed by atoms with Crippen LogP contribution in [0.3, 0.4) is 0 Å². The summed E-state index contributed by atoms with van der Waals surface area (Å²) in [4.78, 5) is 10.8. The Bertz CT molecular complexity index is 511. The van der Waals surface area contributed by atoms with Gasteiger partial charge in [0.1, 0.15) is 12.4 Å². The van der Waals surface area contributed by atoms with Gasteiger partial charge in [0.25, 0.3) is 0 Å². The number of sulfone groups is 1. The molecule has 0 aromatic heterocycles. The molecule has 0 unspecified atom stereocenters. The molecule has 0 aliphatic carbocycles. The van der Waals surface area contributed by atoms with Crippen molar-refractivity contribution in [2.45, 2.75) is 13.3 Å². The fraction of sp³-hybridized carbons (Fsp3) is 0.417. The Morgan fingerprint density at radius 1 is 1.33 bits per heavy atom. The molecule has 6 heteroatoms. The van der Waals surface area contributed by atoms with Gasteiger partial charge in [-0.3, -0.25) is 4.79 Å². The fourth-order valence-corrected chi connectivity index (χ4v) is 2.82. The van der Waals surface area contributed by atoms with Crippen LogP contribution in [0.25, 0.3) is 0 Å². The molecule has 0 spiro atoms. The molecule has 1 aromatic carbocycles. The van der Waals surface area contributed by atoms with E-state index < -0.39 is 9.84 Å². The number of carbonyl (C=O) groups excluding carboxylic acids is 1. The molecule has 0 heterocycles. The third-order valence-electron chi connectivity index (χ3n) is 2.30. The lowest BCUT2D eigenvalue weighted by Crippen LogP contribution is -2.17. The number of halogens is 1. The van der Waals surface area contributed by atoms with E-state index >= 15 is 0 Å². The summed E-state index contributed by atoms with van der Waals surface area (Å²) in [6.45, 7) is 1.82. The molecule has 0 aliphatic heterocycles. The predicted molar refractivity (Wildman–Crippen MR) is 71.3 cm³/mol. The Morgan fingerprint density at radius 2 is 2.06 bits per heavy atom. The van der Waals surface area contributed by atoms with Gasteiger partial charge in [0, 0.05) is 0 Å². The minimum absolute atomic E-state index is 0.0174. The van der Waals surface area contributed by atoms with Crippen molar-refractivity contribution in [3.05, 3.63) is 28.8 Å². The van der Waals surface area contributed by atoms with Gasteiger partial charge in [0.15, 0.2) is 16.1 Å². The van der Waals surface area contributed by atoms with Gasteiger partial charge in [0.2, 0.25) is 0 Å². The van der Waals surface area contributed by atoms with Crippen LogP contribution in [0.2, 0.25) is 5.02 Å². The Morgan fingerprint density at radius 3 is 2.67 bits per heavy atom. The highest BCUT2D eigenvalue weighted by Crippen LogP contribution is 2.24. The number of carbonyl (C=O) groups is 1. The van der Waals surface area contributed by atoms with Gasteiger partial charge in [-0.2, -0.15) is 0 Å². The smallest absolute Gasteiger partial charge is 0.155 e. The molecule has 100 valence electrons. The average molecular weight is 291 g/mol. The molecule has 0 saturated heterocycles. The Hall–Kier alpha value is -1.07. The molecule has 18 heavy (non-hydrogen) atoms. The summed E-state index contributed by atoms with van der Waals surface area (Å²) in [6, 6.07) is 4.80. The van der Waals surface area contributed by atoms with E-state index in [9.17, 15) is 13.2 Å². The van der Waals surface area contributed by atoms with Crippen LogP contribution < -0.4 is 4.74 Å². The molecule has 0 amide bonds. The van der Waals surface area contributed by atoms with Crippen LogP contribution >= 0.6 is 11.6 Å². The number of benzene rings is 1. The van der Waals surface area contributed by atoms with Crippen molar-refractivity contribution in [1.29, 1.82) is 0 Å². The molecular formula is C12H15ClO4S. The highest BCUT2D eigenvalue weighted by molar-refractivity contribution is 7.91. The van der Waals surface area contributed by atoms with Gasteiger partial charge < -0.3 is 4.74 Å². The molecule has 0 saturated carbocycles. The lowest BCUT2D eigenvalue weighted by atomic mass is 10.2. The summed E-state index contributed by atoms with van der Waals surface area (Å²) in [6.07, 6.45) is 1.18. The van der Waals surface area contributed by atoms with Crippen LogP contribution in [0.1, 0.15) is 23.7 Å². The first-order valence-electron chi connectivity index (χ1n) is 5.57. The maximum Gasteiger partial charge on any atom is 0.155 e. The van der Waals surface area contributed by atoms with E-state index in [4.69, 9.17) is 16.3 Å². The van der Waals surface area contributed by atoms with Crippen molar-refractivity contribution >= 4 is 27.7 Å². The zero-order valence-corrected chi connectivity index (χ0v) is 11.6. The maximum atomic E-state index is 11.5. The Balaban J connectivity index is 2.65. The molecule has 4 nitrogen and oxygen atoms in total. The second-order valence-electron chi connectivity index (χ2n) is 3.77. The van der Waals surface area contributed by atoms with Crippen molar-refractivity contribution in [3.63, 3.8) is 0 Å².